The van der Waals surface area contributed by atoms with Gasteiger partial charge >= 0.3 is 12.3 Å². The molecule has 0 fully saturated rings. The van der Waals surface area contributed by atoms with Crippen molar-refractivity contribution in [2.75, 3.05) is 13.2 Å². The summed E-state index contributed by atoms with van der Waals surface area (Å²) in [5.74, 6) is 1.78. The standard InChI is InChI=1S/C23H44O6/c1-16(2)12-20(13-17(3)4)28-22(24)26-10-9-11-27-23(25)29-21(14-18(5)6)15-19(7)8/h16-21H,9-15H2,1-8H3. The minimum absolute atomic E-state index is 0.132. The predicted molar refractivity (Wildman–Crippen MR) is 115 cm³/mol. The fourth-order valence-corrected chi connectivity index (χ4v) is 3.20. The van der Waals surface area contributed by atoms with Gasteiger partial charge in [-0.25, -0.2) is 9.59 Å². The summed E-state index contributed by atoms with van der Waals surface area (Å²) >= 11 is 0. The molecule has 0 amide bonds. The number of carbonyl (C=O) groups is 2. The zero-order valence-electron chi connectivity index (χ0n) is 19.9. The molecule has 0 N–H and O–H groups in total. The van der Waals surface area contributed by atoms with Gasteiger partial charge in [-0.2, -0.15) is 0 Å². The van der Waals surface area contributed by atoms with Crippen molar-refractivity contribution in [3.05, 3.63) is 0 Å². The summed E-state index contributed by atoms with van der Waals surface area (Å²) in [7, 11) is 0. The number of hydrogen-bond acceptors (Lipinski definition) is 6. The number of rotatable bonds is 14. The van der Waals surface area contributed by atoms with Gasteiger partial charge in [0.1, 0.15) is 12.2 Å². The number of hydrogen-bond donors (Lipinski definition) is 0. The molecule has 0 rings (SSSR count). The van der Waals surface area contributed by atoms with Gasteiger partial charge in [0.15, 0.2) is 0 Å². The molecule has 0 aliphatic heterocycles. The SMILES string of the molecule is CC(C)CC(CC(C)C)OC(=O)OCCCOC(=O)OC(CC(C)C)CC(C)C. The van der Waals surface area contributed by atoms with Crippen LogP contribution in [-0.4, -0.2) is 37.7 Å². The Kier molecular flexibility index (Phi) is 14.6. The zero-order valence-corrected chi connectivity index (χ0v) is 19.9. The van der Waals surface area contributed by atoms with E-state index in [1.165, 1.54) is 0 Å². The van der Waals surface area contributed by atoms with E-state index in [4.69, 9.17) is 18.9 Å². The van der Waals surface area contributed by atoms with Gasteiger partial charge < -0.3 is 18.9 Å². The van der Waals surface area contributed by atoms with E-state index in [9.17, 15) is 9.59 Å². The van der Waals surface area contributed by atoms with E-state index in [0.717, 1.165) is 25.7 Å². The van der Waals surface area contributed by atoms with Crippen LogP contribution < -0.4 is 0 Å². The van der Waals surface area contributed by atoms with Gasteiger partial charge in [0.05, 0.1) is 13.2 Å². The van der Waals surface area contributed by atoms with Crippen LogP contribution in [-0.2, 0) is 18.9 Å². The molecule has 0 atom stereocenters. The van der Waals surface area contributed by atoms with E-state index in [-0.39, 0.29) is 25.4 Å². The first-order valence-corrected chi connectivity index (χ1v) is 11.2. The predicted octanol–water partition coefficient (Wildman–Crippen LogP) is 6.60. The molecular weight excluding hydrogens is 372 g/mol. The lowest BCUT2D eigenvalue weighted by molar-refractivity contribution is -0.00223. The molecule has 6 nitrogen and oxygen atoms in total. The van der Waals surface area contributed by atoms with Gasteiger partial charge in [0, 0.05) is 6.42 Å². The van der Waals surface area contributed by atoms with Crippen LogP contribution in [0.5, 0.6) is 0 Å². The molecule has 0 aromatic rings. The van der Waals surface area contributed by atoms with Gasteiger partial charge in [-0.3, -0.25) is 0 Å². The molecule has 0 radical (unpaired) electrons. The maximum atomic E-state index is 11.9. The van der Waals surface area contributed by atoms with Crippen molar-refractivity contribution >= 4 is 12.3 Å². The van der Waals surface area contributed by atoms with E-state index < -0.39 is 12.3 Å². The largest absolute Gasteiger partial charge is 0.508 e. The van der Waals surface area contributed by atoms with Crippen LogP contribution >= 0.6 is 0 Å². The molecule has 0 saturated carbocycles. The fraction of sp³-hybridized carbons (Fsp3) is 0.913. The molecular formula is C23H44O6. The molecule has 29 heavy (non-hydrogen) atoms. The van der Waals surface area contributed by atoms with Crippen LogP contribution in [0.25, 0.3) is 0 Å². The van der Waals surface area contributed by atoms with E-state index >= 15 is 0 Å². The topological polar surface area (TPSA) is 71.1 Å². The molecule has 0 spiro atoms. The third kappa shape index (κ3) is 17.1. The highest BCUT2D eigenvalue weighted by atomic mass is 16.7. The second-order valence-corrected chi connectivity index (χ2v) is 9.55. The second kappa shape index (κ2) is 15.4. The van der Waals surface area contributed by atoms with Crippen molar-refractivity contribution < 1.29 is 28.5 Å². The Morgan fingerprint density at radius 3 is 1.07 bits per heavy atom. The van der Waals surface area contributed by atoms with Crippen LogP contribution in [0.2, 0.25) is 0 Å². The summed E-state index contributed by atoms with van der Waals surface area (Å²) < 4.78 is 21.1. The average molecular weight is 417 g/mol. The van der Waals surface area contributed by atoms with Crippen molar-refractivity contribution in [2.24, 2.45) is 23.7 Å². The van der Waals surface area contributed by atoms with Crippen molar-refractivity contribution in [1.29, 1.82) is 0 Å². The van der Waals surface area contributed by atoms with Crippen LogP contribution in [0, 0.1) is 23.7 Å². The summed E-state index contributed by atoms with van der Waals surface area (Å²) in [6, 6.07) is 0. The smallest absolute Gasteiger partial charge is 0.434 e. The highest BCUT2D eigenvalue weighted by Gasteiger charge is 2.20. The molecule has 0 unspecified atom stereocenters. The van der Waals surface area contributed by atoms with Gasteiger partial charge in [-0.15, -0.1) is 0 Å². The molecule has 0 aromatic carbocycles. The Morgan fingerprint density at radius 2 is 0.828 bits per heavy atom. The maximum absolute atomic E-state index is 11.9. The normalized spacial score (nSPS) is 11.8. The van der Waals surface area contributed by atoms with Crippen LogP contribution in [0.4, 0.5) is 9.59 Å². The summed E-state index contributed by atoms with van der Waals surface area (Å²) in [5, 5.41) is 0. The molecule has 0 aliphatic rings. The first-order valence-electron chi connectivity index (χ1n) is 11.2. The quantitative estimate of drug-likeness (QED) is 0.234. The minimum Gasteiger partial charge on any atom is -0.434 e. The van der Waals surface area contributed by atoms with Crippen molar-refractivity contribution in [3.63, 3.8) is 0 Å². The van der Waals surface area contributed by atoms with Gasteiger partial charge in [-0.05, 0) is 49.4 Å². The van der Waals surface area contributed by atoms with Gasteiger partial charge in [-0.1, -0.05) is 55.4 Å². The molecule has 172 valence electrons. The highest BCUT2D eigenvalue weighted by Crippen LogP contribution is 2.18. The maximum Gasteiger partial charge on any atom is 0.508 e. The highest BCUT2D eigenvalue weighted by molar-refractivity contribution is 5.60. The Hall–Kier alpha value is -1.46. The average Bonchev–Trinajstić information content (AvgIpc) is 2.51. The summed E-state index contributed by atoms with van der Waals surface area (Å²) in [6.07, 6.45) is 2.08. The Bertz CT molecular complexity index is 385. The lowest BCUT2D eigenvalue weighted by Crippen LogP contribution is -2.24. The number of ether oxygens (including phenoxy) is 4. The third-order valence-electron chi connectivity index (χ3n) is 4.19. The molecule has 0 aliphatic carbocycles. The lowest BCUT2D eigenvalue weighted by Gasteiger charge is -2.21. The summed E-state index contributed by atoms with van der Waals surface area (Å²) in [4.78, 5) is 23.8. The van der Waals surface area contributed by atoms with Gasteiger partial charge in [0.2, 0.25) is 0 Å². The molecule has 0 aromatic heterocycles. The first-order chi connectivity index (χ1) is 13.5. The van der Waals surface area contributed by atoms with Crippen molar-refractivity contribution in [2.45, 2.75) is 99.7 Å². The van der Waals surface area contributed by atoms with Crippen LogP contribution in [0.3, 0.4) is 0 Å². The monoisotopic (exact) mass is 416 g/mol. The summed E-state index contributed by atoms with van der Waals surface area (Å²) in [5.41, 5.74) is 0. The zero-order chi connectivity index (χ0) is 22.4. The Balaban J connectivity index is 4.10. The molecule has 0 bridgehead atoms. The summed E-state index contributed by atoms with van der Waals surface area (Å²) in [6.45, 7) is 17.1. The fourth-order valence-electron chi connectivity index (χ4n) is 3.20. The number of carbonyl (C=O) groups excluding carboxylic acids is 2. The van der Waals surface area contributed by atoms with E-state index in [1.807, 2.05) is 0 Å². The third-order valence-corrected chi connectivity index (χ3v) is 4.19. The van der Waals surface area contributed by atoms with E-state index in [1.54, 1.807) is 0 Å². The van der Waals surface area contributed by atoms with E-state index in [2.05, 4.69) is 55.4 Å². The van der Waals surface area contributed by atoms with E-state index in [0.29, 0.717) is 30.1 Å². The van der Waals surface area contributed by atoms with Crippen molar-refractivity contribution in [1.82, 2.24) is 0 Å². The molecule has 6 heteroatoms. The Morgan fingerprint density at radius 1 is 0.552 bits per heavy atom. The Labute approximate surface area is 178 Å². The first kappa shape index (κ1) is 27.5. The van der Waals surface area contributed by atoms with Crippen molar-refractivity contribution in [3.8, 4) is 0 Å². The van der Waals surface area contributed by atoms with Crippen LogP contribution in [0.15, 0.2) is 0 Å². The minimum atomic E-state index is -0.659. The molecule has 0 saturated heterocycles. The van der Waals surface area contributed by atoms with Gasteiger partial charge in [0.25, 0.3) is 0 Å². The molecule has 0 heterocycles. The lowest BCUT2D eigenvalue weighted by atomic mass is 9.98. The van der Waals surface area contributed by atoms with Crippen LogP contribution in [0.1, 0.15) is 87.5 Å². The second-order valence-electron chi connectivity index (χ2n) is 9.55.